The second-order valence-electron chi connectivity index (χ2n) is 8.25. The monoisotopic (exact) mass is 433 g/mol. The van der Waals surface area contributed by atoms with E-state index < -0.39 is 6.09 Å². The highest BCUT2D eigenvalue weighted by Gasteiger charge is 2.29. The van der Waals surface area contributed by atoms with Crippen LogP contribution in [0.4, 0.5) is 9.18 Å². The van der Waals surface area contributed by atoms with Crippen LogP contribution in [0.5, 0.6) is 0 Å². The van der Waals surface area contributed by atoms with Crippen LogP contribution >= 0.6 is 0 Å². The van der Waals surface area contributed by atoms with Gasteiger partial charge in [0, 0.05) is 31.4 Å². The molecule has 0 saturated heterocycles. The molecule has 0 unspecified atom stereocenters. The summed E-state index contributed by atoms with van der Waals surface area (Å²) in [5.41, 5.74) is 4.81. The van der Waals surface area contributed by atoms with Crippen molar-refractivity contribution in [2.75, 3.05) is 0 Å². The Morgan fingerprint density at radius 1 is 1.25 bits per heavy atom. The number of alkyl carbamates (subject to hydrolysis) is 1. The molecule has 1 aliphatic carbocycles. The minimum atomic E-state index is -0.444. The molecule has 0 radical (unpaired) electrons. The number of halogens is 1. The average Bonchev–Trinajstić information content (AvgIpc) is 3.52. The van der Waals surface area contributed by atoms with Crippen molar-refractivity contribution in [3.8, 4) is 11.4 Å². The van der Waals surface area contributed by atoms with E-state index in [0.29, 0.717) is 12.5 Å². The Balaban J connectivity index is 1.19. The third kappa shape index (κ3) is 4.21. The number of carbonyl (C=O) groups excluding carboxylic acids is 1. The fraction of sp³-hybridized carbons (Fsp3) is 0.292. The lowest BCUT2D eigenvalue weighted by atomic mass is 9.99. The number of H-pyrrole nitrogens is 1. The number of ether oxygens (including phenoxy) is 1. The summed E-state index contributed by atoms with van der Waals surface area (Å²) >= 11 is 0. The van der Waals surface area contributed by atoms with Gasteiger partial charge in [-0.1, -0.05) is 12.1 Å². The average molecular weight is 433 g/mol. The van der Waals surface area contributed by atoms with Crippen molar-refractivity contribution in [3.05, 3.63) is 71.8 Å². The predicted octanol–water partition coefficient (Wildman–Crippen LogP) is 4.67. The predicted molar refractivity (Wildman–Crippen MR) is 118 cm³/mol. The van der Waals surface area contributed by atoms with E-state index in [1.165, 1.54) is 12.1 Å². The van der Waals surface area contributed by atoms with E-state index in [4.69, 9.17) is 4.74 Å². The fourth-order valence-corrected chi connectivity index (χ4v) is 4.35. The van der Waals surface area contributed by atoms with Gasteiger partial charge in [-0.25, -0.2) is 14.2 Å². The molecular weight excluding hydrogens is 409 g/mol. The SMILES string of the molecule is Cn1nccc1-c1cc2cc([C@H]3CC[C@@H](OC(=O)NCc4ccc(F)cc4)C3)cnc2[nH]1. The van der Waals surface area contributed by atoms with Crippen molar-refractivity contribution < 1.29 is 13.9 Å². The molecule has 4 aromatic rings. The minimum absolute atomic E-state index is 0.125. The molecule has 1 fully saturated rings. The van der Waals surface area contributed by atoms with Gasteiger partial charge in [0.1, 0.15) is 17.6 Å². The van der Waals surface area contributed by atoms with Gasteiger partial charge in [0.05, 0.1) is 11.4 Å². The van der Waals surface area contributed by atoms with Gasteiger partial charge in [-0.3, -0.25) is 4.68 Å². The summed E-state index contributed by atoms with van der Waals surface area (Å²) in [6.45, 7) is 0.308. The van der Waals surface area contributed by atoms with E-state index in [0.717, 1.165) is 52.8 Å². The molecule has 8 heteroatoms. The van der Waals surface area contributed by atoms with E-state index in [9.17, 15) is 9.18 Å². The molecule has 1 amide bonds. The number of rotatable bonds is 5. The molecule has 2 N–H and O–H groups in total. The summed E-state index contributed by atoms with van der Waals surface area (Å²) in [6, 6.07) is 12.3. The third-order valence-corrected chi connectivity index (χ3v) is 6.07. The molecule has 0 spiro atoms. The molecule has 1 aromatic carbocycles. The van der Waals surface area contributed by atoms with Gasteiger partial charge in [0.2, 0.25) is 0 Å². The van der Waals surface area contributed by atoms with Crippen molar-refractivity contribution in [2.24, 2.45) is 7.05 Å². The van der Waals surface area contributed by atoms with Crippen LogP contribution in [0.1, 0.15) is 36.3 Å². The first kappa shape index (κ1) is 20.2. The number of hydrogen-bond donors (Lipinski definition) is 2. The van der Waals surface area contributed by atoms with Crippen LogP contribution in [0, 0.1) is 5.82 Å². The molecule has 1 aliphatic rings. The number of hydrogen-bond acceptors (Lipinski definition) is 4. The number of fused-ring (bicyclic) bond motifs is 1. The first-order valence-electron chi connectivity index (χ1n) is 10.7. The van der Waals surface area contributed by atoms with Crippen molar-refractivity contribution in [1.29, 1.82) is 0 Å². The maximum absolute atomic E-state index is 13.0. The lowest BCUT2D eigenvalue weighted by Gasteiger charge is -2.14. The highest BCUT2D eigenvalue weighted by atomic mass is 19.1. The normalized spacial score (nSPS) is 18.2. The highest BCUT2D eigenvalue weighted by molar-refractivity contribution is 5.82. The number of aromatic amines is 1. The molecule has 5 rings (SSSR count). The van der Waals surface area contributed by atoms with E-state index >= 15 is 0 Å². The number of aryl methyl sites for hydroxylation is 1. The Kier molecular flexibility index (Phi) is 5.34. The standard InChI is InChI=1S/C24H24FN5O2/c1-30-22(8-9-28-30)21-12-17-10-18(14-26-23(17)29-21)16-4-7-20(11-16)32-24(31)27-13-15-2-5-19(25)6-3-15/h2-3,5-6,8-10,12,14,16,20H,4,7,11,13H2,1H3,(H,26,29)(H,27,31)/t16-,20+/m0/s1. The lowest BCUT2D eigenvalue weighted by molar-refractivity contribution is 0.0997. The molecule has 164 valence electrons. The van der Waals surface area contributed by atoms with Crippen molar-refractivity contribution >= 4 is 17.1 Å². The Hall–Kier alpha value is -3.68. The van der Waals surface area contributed by atoms with Crippen molar-refractivity contribution in [1.82, 2.24) is 25.1 Å². The first-order chi connectivity index (χ1) is 15.5. The molecule has 3 heterocycles. The summed E-state index contributed by atoms with van der Waals surface area (Å²) in [7, 11) is 1.91. The molecule has 1 saturated carbocycles. The molecule has 0 aliphatic heterocycles. The molecule has 2 atom stereocenters. The summed E-state index contributed by atoms with van der Waals surface area (Å²) in [6.07, 6.45) is 5.65. The summed E-state index contributed by atoms with van der Waals surface area (Å²) < 4.78 is 20.4. The second-order valence-corrected chi connectivity index (χ2v) is 8.25. The molecule has 0 bridgehead atoms. The summed E-state index contributed by atoms with van der Waals surface area (Å²) in [4.78, 5) is 20.1. The fourth-order valence-electron chi connectivity index (χ4n) is 4.35. The van der Waals surface area contributed by atoms with E-state index in [2.05, 4.69) is 32.5 Å². The van der Waals surface area contributed by atoms with Crippen LogP contribution in [-0.4, -0.2) is 31.9 Å². The number of pyridine rings is 1. The zero-order chi connectivity index (χ0) is 22.1. The number of amides is 1. The van der Waals surface area contributed by atoms with Crippen LogP contribution < -0.4 is 5.32 Å². The topological polar surface area (TPSA) is 84.8 Å². The maximum atomic E-state index is 13.0. The smallest absolute Gasteiger partial charge is 0.407 e. The van der Waals surface area contributed by atoms with Gasteiger partial charge in [-0.2, -0.15) is 5.10 Å². The van der Waals surface area contributed by atoms with Gasteiger partial charge in [0.25, 0.3) is 0 Å². The third-order valence-electron chi connectivity index (χ3n) is 6.07. The van der Waals surface area contributed by atoms with Gasteiger partial charge in [0.15, 0.2) is 0 Å². The van der Waals surface area contributed by atoms with E-state index in [1.807, 2.05) is 24.0 Å². The molecule has 3 aromatic heterocycles. The number of carbonyl (C=O) groups is 1. The summed E-state index contributed by atoms with van der Waals surface area (Å²) in [5.74, 6) is 0.00527. The zero-order valence-corrected chi connectivity index (χ0v) is 17.7. The van der Waals surface area contributed by atoms with E-state index in [1.54, 1.807) is 18.3 Å². The Morgan fingerprint density at radius 3 is 2.88 bits per heavy atom. The van der Waals surface area contributed by atoms with Gasteiger partial charge in [-0.15, -0.1) is 0 Å². The Bertz CT molecular complexity index is 1250. The first-order valence-corrected chi connectivity index (χ1v) is 10.7. The minimum Gasteiger partial charge on any atom is -0.446 e. The van der Waals surface area contributed by atoms with E-state index in [-0.39, 0.29) is 11.9 Å². The number of aromatic nitrogens is 4. The van der Waals surface area contributed by atoms with Crippen LogP contribution in [0.2, 0.25) is 0 Å². The lowest BCUT2D eigenvalue weighted by Crippen LogP contribution is -2.27. The molecule has 7 nitrogen and oxygen atoms in total. The van der Waals surface area contributed by atoms with Crippen molar-refractivity contribution in [2.45, 2.75) is 37.8 Å². The molecular formula is C24H24FN5O2. The highest BCUT2D eigenvalue weighted by Crippen LogP contribution is 2.37. The Labute approximate surface area is 184 Å². The number of nitrogens with zero attached hydrogens (tertiary/aromatic N) is 3. The van der Waals surface area contributed by atoms with Crippen molar-refractivity contribution in [3.63, 3.8) is 0 Å². The van der Waals surface area contributed by atoms with Crippen LogP contribution in [0.3, 0.4) is 0 Å². The van der Waals surface area contributed by atoms with Crippen LogP contribution in [0.15, 0.2) is 54.9 Å². The molecule has 32 heavy (non-hydrogen) atoms. The quantitative estimate of drug-likeness (QED) is 0.479. The van der Waals surface area contributed by atoms with Crippen LogP contribution in [0.25, 0.3) is 22.4 Å². The Morgan fingerprint density at radius 2 is 2.09 bits per heavy atom. The second kappa shape index (κ2) is 8.45. The zero-order valence-electron chi connectivity index (χ0n) is 17.7. The van der Waals surface area contributed by atoms with Crippen LogP contribution in [-0.2, 0) is 18.3 Å². The van der Waals surface area contributed by atoms with Gasteiger partial charge < -0.3 is 15.0 Å². The largest absolute Gasteiger partial charge is 0.446 e. The number of benzene rings is 1. The van der Waals surface area contributed by atoms with Gasteiger partial charge >= 0.3 is 6.09 Å². The van der Waals surface area contributed by atoms with Gasteiger partial charge in [-0.05, 0) is 66.6 Å². The maximum Gasteiger partial charge on any atom is 0.407 e. The summed E-state index contributed by atoms with van der Waals surface area (Å²) in [5, 5.41) is 8.02. The number of nitrogens with one attached hydrogen (secondary N) is 2.